The molecule has 0 fully saturated rings. The molecule has 0 aliphatic carbocycles. The van der Waals surface area contributed by atoms with E-state index in [0.29, 0.717) is 24.5 Å². The Morgan fingerprint density at radius 2 is 1.73 bits per heavy atom. The number of benzene rings is 2. The highest BCUT2D eigenvalue weighted by Gasteiger charge is 2.12. The van der Waals surface area contributed by atoms with Crippen molar-refractivity contribution in [2.45, 2.75) is 13.8 Å². The highest BCUT2D eigenvalue weighted by molar-refractivity contribution is 7.66. The smallest absolute Gasteiger partial charge is 0.185 e. The van der Waals surface area contributed by atoms with Gasteiger partial charge in [-0.15, -0.1) is 5.75 Å². The molecule has 0 bridgehead atoms. The summed E-state index contributed by atoms with van der Waals surface area (Å²) in [5.41, 5.74) is 0.513. The van der Waals surface area contributed by atoms with Crippen LogP contribution in [0, 0.1) is 0 Å². The zero-order chi connectivity index (χ0) is 15.9. The van der Waals surface area contributed by atoms with E-state index in [-0.39, 0.29) is 19.9 Å². The molecule has 0 amide bonds. The molecule has 0 spiro atoms. The van der Waals surface area contributed by atoms with Gasteiger partial charge in [-0.2, -0.15) is 0 Å². The van der Waals surface area contributed by atoms with Crippen LogP contribution in [0.5, 0.6) is 17.2 Å². The molecule has 1 atom stereocenters. The van der Waals surface area contributed by atoms with Crippen molar-refractivity contribution in [3.63, 3.8) is 0 Å². The summed E-state index contributed by atoms with van der Waals surface area (Å²) in [5.74, 6) is 1.29. The van der Waals surface area contributed by atoms with Crippen LogP contribution in [0.3, 0.4) is 0 Å². The van der Waals surface area contributed by atoms with E-state index < -0.39 is 0 Å². The van der Waals surface area contributed by atoms with Gasteiger partial charge >= 0.3 is 0 Å². The predicted octanol–water partition coefficient (Wildman–Crippen LogP) is 2.70. The number of ether oxygens (including phenoxy) is 2. The summed E-state index contributed by atoms with van der Waals surface area (Å²) in [6.45, 7) is 4.91. The van der Waals surface area contributed by atoms with Crippen molar-refractivity contribution in [1.29, 1.82) is 0 Å². The monoisotopic (exact) mass is 317 g/mol. The maximum atomic E-state index is 12.3. The molecular formula is C17H18O4P-. The normalized spacial score (nSPS) is 10.8. The molecule has 1 unspecified atom stereocenters. The first-order chi connectivity index (χ1) is 10.6. The van der Waals surface area contributed by atoms with Crippen molar-refractivity contribution in [2.24, 2.45) is 0 Å². The minimum atomic E-state index is -0.101. The Kier molecular flexibility index (Phi) is 5.79. The Morgan fingerprint density at radius 3 is 2.36 bits per heavy atom. The van der Waals surface area contributed by atoms with Gasteiger partial charge in [-0.1, -0.05) is 24.3 Å². The Labute approximate surface area is 131 Å². The molecule has 4 nitrogen and oxygen atoms in total. The van der Waals surface area contributed by atoms with Gasteiger partial charge in [0, 0.05) is 16.9 Å². The van der Waals surface area contributed by atoms with Gasteiger partial charge in [-0.3, -0.25) is 4.79 Å². The lowest BCUT2D eigenvalue weighted by Crippen LogP contribution is -2.08. The molecule has 22 heavy (non-hydrogen) atoms. The molecule has 0 radical (unpaired) electrons. The summed E-state index contributed by atoms with van der Waals surface area (Å²) < 4.78 is 11.1. The molecular weight excluding hydrogens is 299 g/mol. The molecule has 2 aromatic carbocycles. The van der Waals surface area contributed by atoms with E-state index >= 15 is 0 Å². The van der Waals surface area contributed by atoms with E-state index in [4.69, 9.17) is 9.47 Å². The van der Waals surface area contributed by atoms with Gasteiger partial charge < -0.3 is 14.6 Å². The fraction of sp³-hybridized carbons (Fsp3) is 0.235. The van der Waals surface area contributed by atoms with Crippen molar-refractivity contribution < 1.29 is 19.4 Å². The standard InChI is InChI=1S/C17H19O4P/c1-3-20-14-9-10-16(15(11-14)21-4-2)22-17(19)12-5-7-13(18)8-6-12/h5-11,18,22H,3-4H2,1-2H3/p-1. The third-order valence-electron chi connectivity index (χ3n) is 2.93. The molecule has 5 heteroatoms. The van der Waals surface area contributed by atoms with Crippen LogP contribution in [0.1, 0.15) is 24.2 Å². The first-order valence-electron chi connectivity index (χ1n) is 7.12. The van der Waals surface area contributed by atoms with Crippen molar-refractivity contribution in [2.75, 3.05) is 13.2 Å². The highest BCUT2D eigenvalue weighted by atomic mass is 31.1. The summed E-state index contributed by atoms with van der Waals surface area (Å²) in [5, 5.41) is 11.9. The number of carbonyl (C=O) groups is 1. The first-order valence-corrected chi connectivity index (χ1v) is 8.12. The first kappa shape index (κ1) is 16.3. The van der Waals surface area contributed by atoms with E-state index in [2.05, 4.69) is 0 Å². The van der Waals surface area contributed by atoms with Gasteiger partial charge in [0.05, 0.1) is 13.2 Å². The van der Waals surface area contributed by atoms with Crippen LogP contribution < -0.4 is 19.9 Å². The molecule has 2 aromatic rings. The summed E-state index contributed by atoms with van der Waals surface area (Å²) in [6, 6.07) is 11.4. The maximum Gasteiger partial charge on any atom is 0.185 e. The minimum absolute atomic E-state index is 0.0230. The number of hydrogen-bond donors (Lipinski definition) is 0. The average molecular weight is 317 g/mol. The lowest BCUT2D eigenvalue weighted by atomic mass is 10.2. The SMILES string of the molecule is CCOc1ccc(PC(=O)c2ccc([O-])cc2)c(OCC)c1. The van der Waals surface area contributed by atoms with Crippen molar-refractivity contribution in [1.82, 2.24) is 0 Å². The number of hydrogen-bond acceptors (Lipinski definition) is 4. The van der Waals surface area contributed by atoms with Gasteiger partial charge in [-0.25, -0.2) is 0 Å². The quantitative estimate of drug-likeness (QED) is 0.737. The van der Waals surface area contributed by atoms with Crippen molar-refractivity contribution >= 4 is 19.4 Å². The summed E-state index contributed by atoms with van der Waals surface area (Å²) in [7, 11) is -0.0619. The summed E-state index contributed by atoms with van der Waals surface area (Å²) in [4.78, 5) is 12.3. The zero-order valence-electron chi connectivity index (χ0n) is 12.6. The Bertz CT molecular complexity index is 638. The predicted molar refractivity (Wildman–Crippen MR) is 86.9 cm³/mol. The molecule has 116 valence electrons. The molecule has 0 heterocycles. The highest BCUT2D eigenvalue weighted by Crippen LogP contribution is 2.27. The largest absolute Gasteiger partial charge is 0.872 e. The van der Waals surface area contributed by atoms with Crippen LogP contribution >= 0.6 is 8.58 Å². The van der Waals surface area contributed by atoms with Crippen molar-refractivity contribution in [3.8, 4) is 17.2 Å². The maximum absolute atomic E-state index is 12.3. The number of rotatable bonds is 7. The molecule has 0 aliphatic rings. The second-order valence-corrected chi connectivity index (χ2v) is 5.75. The second-order valence-electron chi connectivity index (χ2n) is 4.50. The fourth-order valence-corrected chi connectivity index (χ4v) is 2.93. The lowest BCUT2D eigenvalue weighted by Gasteiger charge is -2.12. The van der Waals surface area contributed by atoms with Gasteiger partial charge in [0.2, 0.25) is 0 Å². The second kappa shape index (κ2) is 7.81. The van der Waals surface area contributed by atoms with E-state index in [0.717, 1.165) is 11.1 Å². The fourth-order valence-electron chi connectivity index (χ4n) is 1.94. The van der Waals surface area contributed by atoms with Gasteiger partial charge in [0.15, 0.2) is 5.52 Å². The topological polar surface area (TPSA) is 58.6 Å². The molecule has 0 saturated carbocycles. The van der Waals surface area contributed by atoms with E-state index in [9.17, 15) is 9.90 Å². The van der Waals surface area contributed by atoms with Crippen molar-refractivity contribution in [3.05, 3.63) is 48.0 Å². The molecule has 0 saturated heterocycles. The number of carbonyl (C=O) groups excluding carboxylic acids is 1. The molecule has 0 aromatic heterocycles. The van der Waals surface area contributed by atoms with Crippen LogP contribution in [-0.2, 0) is 0 Å². The van der Waals surface area contributed by atoms with Crippen LogP contribution in [0.2, 0.25) is 0 Å². The average Bonchev–Trinajstić information content (AvgIpc) is 2.51. The Morgan fingerprint density at radius 1 is 1.05 bits per heavy atom. The van der Waals surface area contributed by atoms with Crippen LogP contribution in [0.15, 0.2) is 42.5 Å². The van der Waals surface area contributed by atoms with Crippen LogP contribution in [0.4, 0.5) is 0 Å². The van der Waals surface area contributed by atoms with E-state index in [1.807, 2.05) is 32.0 Å². The summed E-state index contributed by atoms with van der Waals surface area (Å²) in [6.07, 6.45) is 0. The van der Waals surface area contributed by atoms with E-state index in [1.165, 1.54) is 12.1 Å². The lowest BCUT2D eigenvalue weighted by molar-refractivity contribution is -0.268. The Balaban J connectivity index is 2.20. The summed E-state index contributed by atoms with van der Waals surface area (Å²) >= 11 is 0. The van der Waals surface area contributed by atoms with Gasteiger partial charge in [0.25, 0.3) is 0 Å². The zero-order valence-corrected chi connectivity index (χ0v) is 13.6. The molecule has 0 N–H and O–H groups in total. The molecule has 0 aliphatic heterocycles. The van der Waals surface area contributed by atoms with E-state index in [1.54, 1.807) is 12.1 Å². The van der Waals surface area contributed by atoms with Crippen LogP contribution in [-0.4, -0.2) is 18.7 Å². The van der Waals surface area contributed by atoms with Gasteiger partial charge in [0.1, 0.15) is 11.5 Å². The van der Waals surface area contributed by atoms with Gasteiger partial charge in [-0.05, 0) is 34.6 Å². The molecule has 2 rings (SSSR count). The third kappa shape index (κ3) is 4.22. The third-order valence-corrected chi connectivity index (χ3v) is 4.13. The minimum Gasteiger partial charge on any atom is -0.872 e. The van der Waals surface area contributed by atoms with Crippen LogP contribution in [0.25, 0.3) is 0 Å². The Hall–Kier alpha value is -2.06.